The predicted octanol–water partition coefficient (Wildman–Crippen LogP) is -0.358. The van der Waals surface area contributed by atoms with Gasteiger partial charge < -0.3 is 20.5 Å². The normalized spacial score (nSPS) is 33.6. The van der Waals surface area contributed by atoms with E-state index < -0.39 is 0 Å². The van der Waals surface area contributed by atoms with Crippen LogP contribution in [-0.2, 0) is 9.53 Å². The summed E-state index contributed by atoms with van der Waals surface area (Å²) in [6, 6.07) is 0.136. The molecule has 1 aliphatic carbocycles. The molecule has 3 atom stereocenters. The number of hydrogen-bond donors (Lipinski definition) is 3. The lowest BCUT2D eigenvalue weighted by atomic mass is 10.1. The number of carbonyl (C=O) groups excluding carboxylic acids is 1. The van der Waals surface area contributed by atoms with Crippen molar-refractivity contribution in [3.8, 4) is 0 Å². The fraction of sp³-hybridized carbons (Fsp3) is 0.917. The van der Waals surface area contributed by atoms with Gasteiger partial charge in [0.15, 0.2) is 0 Å². The molecule has 1 saturated heterocycles. The van der Waals surface area contributed by atoms with Gasteiger partial charge in [-0.15, -0.1) is 0 Å². The van der Waals surface area contributed by atoms with Gasteiger partial charge in [-0.05, 0) is 12.8 Å². The summed E-state index contributed by atoms with van der Waals surface area (Å²) < 4.78 is 5.30. The Balaban J connectivity index is 1.63. The second kappa shape index (κ2) is 6.33. The Hall–Kier alpha value is -0.650. The van der Waals surface area contributed by atoms with Gasteiger partial charge in [-0.25, -0.2) is 0 Å². The topological polar surface area (TPSA) is 70.6 Å². The number of hydrogen-bond acceptors (Lipinski definition) is 4. The van der Waals surface area contributed by atoms with Crippen LogP contribution in [0.1, 0.15) is 25.7 Å². The van der Waals surface area contributed by atoms with E-state index in [1.165, 1.54) is 0 Å². The average Bonchev–Trinajstić information content (AvgIpc) is 2.74. The van der Waals surface area contributed by atoms with Crippen molar-refractivity contribution >= 4 is 5.91 Å². The Labute approximate surface area is 102 Å². The first-order chi connectivity index (χ1) is 8.25. The highest BCUT2D eigenvalue weighted by molar-refractivity contribution is 5.76. The van der Waals surface area contributed by atoms with Crippen LogP contribution < -0.4 is 10.6 Å². The van der Waals surface area contributed by atoms with E-state index in [2.05, 4.69) is 10.6 Å². The molecule has 2 fully saturated rings. The zero-order chi connectivity index (χ0) is 12.1. The van der Waals surface area contributed by atoms with Crippen LogP contribution in [0.2, 0.25) is 0 Å². The van der Waals surface area contributed by atoms with E-state index in [0.717, 1.165) is 32.4 Å². The zero-order valence-electron chi connectivity index (χ0n) is 10.2. The Bertz CT molecular complexity index is 254. The van der Waals surface area contributed by atoms with Gasteiger partial charge in [0.2, 0.25) is 5.91 Å². The highest BCUT2D eigenvalue weighted by Gasteiger charge is 2.25. The summed E-state index contributed by atoms with van der Waals surface area (Å²) in [6.45, 7) is 2.76. The second-order valence-electron chi connectivity index (χ2n) is 4.99. The highest BCUT2D eigenvalue weighted by atomic mass is 16.5. The number of aliphatic hydroxyl groups excluding tert-OH is 1. The van der Waals surface area contributed by atoms with Crippen molar-refractivity contribution in [3.63, 3.8) is 0 Å². The Kier molecular flexibility index (Phi) is 4.76. The maximum Gasteiger partial charge on any atom is 0.221 e. The molecule has 5 heteroatoms. The molecule has 0 aromatic rings. The quantitative estimate of drug-likeness (QED) is 0.630. The molecule has 0 radical (unpaired) electrons. The van der Waals surface area contributed by atoms with Crippen LogP contribution in [0.15, 0.2) is 0 Å². The van der Waals surface area contributed by atoms with Crippen molar-refractivity contribution in [2.75, 3.05) is 26.3 Å². The lowest BCUT2D eigenvalue weighted by Crippen LogP contribution is -2.45. The van der Waals surface area contributed by atoms with Crippen LogP contribution in [0.3, 0.4) is 0 Å². The van der Waals surface area contributed by atoms with E-state index in [1.807, 2.05) is 0 Å². The molecule has 3 N–H and O–H groups in total. The molecule has 98 valence electrons. The molecule has 0 aromatic heterocycles. The number of amides is 1. The summed E-state index contributed by atoms with van der Waals surface area (Å²) >= 11 is 0. The molecular weight excluding hydrogens is 220 g/mol. The number of morpholine rings is 1. The lowest BCUT2D eigenvalue weighted by Gasteiger charge is -2.23. The van der Waals surface area contributed by atoms with E-state index >= 15 is 0 Å². The number of carbonyl (C=O) groups is 1. The largest absolute Gasteiger partial charge is 0.393 e. The molecule has 3 unspecified atom stereocenters. The fourth-order valence-corrected chi connectivity index (χ4v) is 2.55. The van der Waals surface area contributed by atoms with Crippen LogP contribution in [0, 0.1) is 5.92 Å². The molecule has 2 aliphatic rings. The molecule has 1 aliphatic heterocycles. The fourth-order valence-electron chi connectivity index (χ4n) is 2.55. The summed E-state index contributed by atoms with van der Waals surface area (Å²) in [5.74, 6) is 0.293. The van der Waals surface area contributed by atoms with Crippen LogP contribution >= 0.6 is 0 Å². The number of nitrogens with one attached hydrogen (secondary N) is 2. The third kappa shape index (κ3) is 3.94. The number of ether oxygens (including phenoxy) is 1. The molecule has 17 heavy (non-hydrogen) atoms. The van der Waals surface area contributed by atoms with Crippen LogP contribution in [0.25, 0.3) is 0 Å². The van der Waals surface area contributed by atoms with Gasteiger partial charge in [0.05, 0.1) is 19.3 Å². The van der Waals surface area contributed by atoms with E-state index in [9.17, 15) is 9.90 Å². The zero-order valence-corrected chi connectivity index (χ0v) is 10.2. The standard InChI is InChI=1S/C12H22N2O3/c15-11-3-1-2-9(11)7-14-12(16)6-10-8-17-5-4-13-10/h9-11,13,15H,1-8H2,(H,14,16). The first-order valence-electron chi connectivity index (χ1n) is 6.51. The minimum atomic E-state index is -0.230. The predicted molar refractivity (Wildman–Crippen MR) is 63.6 cm³/mol. The van der Waals surface area contributed by atoms with Crippen molar-refractivity contribution in [2.45, 2.75) is 37.8 Å². The van der Waals surface area contributed by atoms with E-state index in [4.69, 9.17) is 4.74 Å². The third-order valence-corrected chi connectivity index (χ3v) is 3.61. The van der Waals surface area contributed by atoms with Gasteiger partial charge in [-0.1, -0.05) is 6.42 Å². The molecule has 0 aromatic carbocycles. The summed E-state index contributed by atoms with van der Waals surface area (Å²) in [4.78, 5) is 11.7. The molecule has 0 bridgehead atoms. The average molecular weight is 242 g/mol. The Morgan fingerprint density at radius 2 is 2.35 bits per heavy atom. The highest BCUT2D eigenvalue weighted by Crippen LogP contribution is 2.24. The number of rotatable bonds is 4. The van der Waals surface area contributed by atoms with Crippen molar-refractivity contribution in [1.29, 1.82) is 0 Å². The first-order valence-corrected chi connectivity index (χ1v) is 6.51. The maximum atomic E-state index is 11.7. The molecule has 2 rings (SSSR count). The molecule has 5 nitrogen and oxygen atoms in total. The van der Waals surface area contributed by atoms with Crippen LogP contribution in [-0.4, -0.2) is 49.5 Å². The van der Waals surface area contributed by atoms with Crippen molar-refractivity contribution in [2.24, 2.45) is 5.92 Å². The Morgan fingerprint density at radius 1 is 1.47 bits per heavy atom. The van der Waals surface area contributed by atoms with E-state index in [1.54, 1.807) is 0 Å². The van der Waals surface area contributed by atoms with Crippen LogP contribution in [0.4, 0.5) is 0 Å². The van der Waals surface area contributed by atoms with Crippen molar-refractivity contribution in [3.05, 3.63) is 0 Å². The monoisotopic (exact) mass is 242 g/mol. The minimum absolute atomic E-state index is 0.0482. The molecular formula is C12H22N2O3. The molecule has 0 spiro atoms. The van der Waals surface area contributed by atoms with Gasteiger partial charge in [0.25, 0.3) is 0 Å². The number of aliphatic hydroxyl groups is 1. The second-order valence-corrected chi connectivity index (χ2v) is 4.99. The Morgan fingerprint density at radius 3 is 3.00 bits per heavy atom. The smallest absolute Gasteiger partial charge is 0.221 e. The van der Waals surface area contributed by atoms with Gasteiger partial charge in [0, 0.05) is 31.5 Å². The summed E-state index contributed by atoms with van der Waals surface area (Å²) in [5, 5.41) is 15.8. The summed E-state index contributed by atoms with van der Waals surface area (Å²) in [6.07, 6.45) is 3.19. The van der Waals surface area contributed by atoms with Gasteiger partial charge in [-0.3, -0.25) is 4.79 Å². The first kappa shape index (κ1) is 12.8. The maximum absolute atomic E-state index is 11.7. The van der Waals surface area contributed by atoms with E-state index in [-0.39, 0.29) is 24.0 Å². The van der Waals surface area contributed by atoms with Crippen molar-refractivity contribution in [1.82, 2.24) is 10.6 Å². The van der Waals surface area contributed by atoms with Gasteiger partial charge in [0.1, 0.15) is 0 Å². The van der Waals surface area contributed by atoms with Crippen LogP contribution in [0.5, 0.6) is 0 Å². The molecule has 1 saturated carbocycles. The molecule has 1 amide bonds. The third-order valence-electron chi connectivity index (χ3n) is 3.61. The SMILES string of the molecule is O=C(CC1COCCN1)NCC1CCCC1O. The van der Waals surface area contributed by atoms with Gasteiger partial charge in [-0.2, -0.15) is 0 Å². The minimum Gasteiger partial charge on any atom is -0.393 e. The van der Waals surface area contributed by atoms with E-state index in [0.29, 0.717) is 19.6 Å². The lowest BCUT2D eigenvalue weighted by molar-refractivity contribution is -0.122. The van der Waals surface area contributed by atoms with Gasteiger partial charge >= 0.3 is 0 Å². The summed E-state index contributed by atoms with van der Waals surface area (Å²) in [7, 11) is 0. The summed E-state index contributed by atoms with van der Waals surface area (Å²) in [5.41, 5.74) is 0. The van der Waals surface area contributed by atoms with Crippen molar-refractivity contribution < 1.29 is 14.6 Å². The molecule has 1 heterocycles.